The Hall–Kier alpha value is -1.09. The van der Waals surface area contributed by atoms with Crippen LogP contribution in [0.5, 0.6) is 0 Å². The molecule has 1 saturated carbocycles. The maximum Gasteiger partial charge on any atom is 0.0604 e. The number of nitrogens with two attached hydrogens (primary N) is 1. The first kappa shape index (κ1) is 9.46. The van der Waals surface area contributed by atoms with Crippen LogP contribution in [0.15, 0.2) is 12.1 Å². The minimum atomic E-state index is 0.532. The van der Waals surface area contributed by atoms with Crippen molar-refractivity contribution in [1.29, 1.82) is 0 Å². The van der Waals surface area contributed by atoms with Crippen molar-refractivity contribution in [3.05, 3.63) is 23.5 Å². The van der Waals surface area contributed by atoms with Gasteiger partial charge in [-0.1, -0.05) is 0 Å². The summed E-state index contributed by atoms with van der Waals surface area (Å²) >= 11 is 0. The topological polar surface area (TPSA) is 48.1 Å². The second-order valence-corrected chi connectivity index (χ2v) is 3.80. The quantitative estimate of drug-likeness (QED) is 0.789. The van der Waals surface area contributed by atoms with Gasteiger partial charge in [-0.2, -0.15) is 0 Å². The fourth-order valence-electron chi connectivity index (χ4n) is 1.33. The van der Waals surface area contributed by atoms with Gasteiger partial charge in [0.15, 0.2) is 0 Å². The van der Waals surface area contributed by atoms with Crippen LogP contribution in [0.1, 0.15) is 24.2 Å². The van der Waals surface area contributed by atoms with Gasteiger partial charge in [0.2, 0.25) is 0 Å². The average molecular weight is 192 g/mol. The number of aromatic nitrogens is 1. The molecule has 1 aliphatic carbocycles. The lowest BCUT2D eigenvalue weighted by Crippen LogP contribution is -2.03. The first-order valence-electron chi connectivity index (χ1n) is 5.09. The fourth-order valence-corrected chi connectivity index (χ4v) is 1.33. The largest absolute Gasteiger partial charge is 0.397 e. The minimum Gasteiger partial charge on any atom is -0.397 e. The van der Waals surface area contributed by atoms with Crippen molar-refractivity contribution < 1.29 is 4.74 Å². The number of nitrogen functional groups attached to an aromatic ring is 1. The monoisotopic (exact) mass is 192 g/mol. The Labute approximate surface area is 84.3 Å². The molecule has 0 amide bonds. The lowest BCUT2D eigenvalue weighted by atomic mass is 10.2. The Balaban J connectivity index is 1.85. The van der Waals surface area contributed by atoms with Gasteiger partial charge in [-0.15, -0.1) is 0 Å². The number of rotatable bonds is 4. The zero-order chi connectivity index (χ0) is 9.97. The number of nitrogens with zero attached hydrogens (tertiary/aromatic N) is 1. The van der Waals surface area contributed by atoms with Gasteiger partial charge in [0.05, 0.1) is 24.1 Å². The van der Waals surface area contributed by atoms with Gasteiger partial charge in [0, 0.05) is 12.1 Å². The van der Waals surface area contributed by atoms with Gasteiger partial charge in [0.25, 0.3) is 0 Å². The highest BCUT2D eigenvalue weighted by Gasteiger charge is 2.21. The lowest BCUT2D eigenvalue weighted by Gasteiger charge is -2.04. The highest BCUT2D eigenvalue weighted by Crippen LogP contribution is 2.23. The molecule has 1 fully saturated rings. The molecule has 0 atom stereocenters. The van der Waals surface area contributed by atoms with Crippen LogP contribution >= 0.6 is 0 Å². The van der Waals surface area contributed by atoms with Gasteiger partial charge in [-0.05, 0) is 31.9 Å². The Morgan fingerprint density at radius 1 is 1.50 bits per heavy atom. The van der Waals surface area contributed by atoms with E-state index in [0.717, 1.165) is 30.1 Å². The summed E-state index contributed by atoms with van der Waals surface area (Å²) in [6.45, 7) is 2.71. The lowest BCUT2D eigenvalue weighted by molar-refractivity contribution is 0.122. The standard InChI is InChI=1S/C11H16N2O/c1-8-11(12)5-2-9(13-8)6-7-14-10-3-4-10/h2,5,10H,3-4,6-7,12H2,1H3. The minimum absolute atomic E-state index is 0.532. The van der Waals surface area contributed by atoms with E-state index in [1.54, 1.807) is 0 Å². The summed E-state index contributed by atoms with van der Waals surface area (Å²) in [4.78, 5) is 4.38. The van der Waals surface area contributed by atoms with Crippen LogP contribution in [-0.2, 0) is 11.2 Å². The van der Waals surface area contributed by atoms with Crippen molar-refractivity contribution in [2.24, 2.45) is 0 Å². The first-order chi connectivity index (χ1) is 6.75. The number of anilines is 1. The van der Waals surface area contributed by atoms with Gasteiger partial charge < -0.3 is 10.5 Å². The molecule has 0 unspecified atom stereocenters. The second kappa shape index (κ2) is 3.96. The summed E-state index contributed by atoms with van der Waals surface area (Å²) in [6.07, 6.45) is 3.88. The van der Waals surface area contributed by atoms with Crippen LogP contribution in [0.3, 0.4) is 0 Å². The van der Waals surface area contributed by atoms with Crippen molar-refractivity contribution in [2.45, 2.75) is 32.3 Å². The number of hydrogen-bond acceptors (Lipinski definition) is 3. The summed E-state index contributed by atoms with van der Waals surface area (Å²) in [5, 5.41) is 0. The summed E-state index contributed by atoms with van der Waals surface area (Å²) in [7, 11) is 0. The van der Waals surface area contributed by atoms with Gasteiger partial charge >= 0.3 is 0 Å². The van der Waals surface area contributed by atoms with Crippen LogP contribution in [0.4, 0.5) is 5.69 Å². The summed E-state index contributed by atoms with van der Waals surface area (Å²) in [5.41, 5.74) is 8.42. The molecular weight excluding hydrogens is 176 g/mol. The number of ether oxygens (including phenoxy) is 1. The molecule has 1 aromatic heterocycles. The summed E-state index contributed by atoms with van der Waals surface area (Å²) in [5.74, 6) is 0. The Bertz CT molecular complexity index is 321. The first-order valence-corrected chi connectivity index (χ1v) is 5.09. The number of pyridine rings is 1. The van der Waals surface area contributed by atoms with Gasteiger partial charge in [-0.25, -0.2) is 0 Å². The van der Waals surface area contributed by atoms with Crippen molar-refractivity contribution in [1.82, 2.24) is 4.98 Å². The van der Waals surface area contributed by atoms with E-state index in [0.29, 0.717) is 6.10 Å². The smallest absolute Gasteiger partial charge is 0.0604 e. The van der Waals surface area contributed by atoms with E-state index in [4.69, 9.17) is 10.5 Å². The third-order valence-electron chi connectivity index (χ3n) is 2.42. The van der Waals surface area contributed by atoms with E-state index in [2.05, 4.69) is 4.98 Å². The number of hydrogen-bond donors (Lipinski definition) is 1. The van der Waals surface area contributed by atoms with E-state index >= 15 is 0 Å². The number of aryl methyl sites for hydroxylation is 1. The SMILES string of the molecule is Cc1nc(CCOC2CC2)ccc1N. The predicted molar refractivity (Wildman–Crippen MR) is 56.1 cm³/mol. The normalized spacial score (nSPS) is 15.8. The third-order valence-corrected chi connectivity index (χ3v) is 2.42. The second-order valence-electron chi connectivity index (χ2n) is 3.80. The van der Waals surface area contributed by atoms with Crippen LogP contribution in [0, 0.1) is 6.92 Å². The van der Waals surface area contributed by atoms with Crippen LogP contribution < -0.4 is 5.73 Å². The molecule has 0 bridgehead atoms. The Kier molecular flexibility index (Phi) is 2.68. The molecule has 0 saturated heterocycles. The molecule has 0 aliphatic heterocycles. The molecule has 2 rings (SSSR count). The molecule has 0 aromatic carbocycles. The van der Waals surface area contributed by atoms with Crippen LogP contribution in [0.25, 0.3) is 0 Å². The maximum atomic E-state index is 5.68. The molecule has 1 heterocycles. The van der Waals surface area contributed by atoms with E-state index < -0.39 is 0 Å². The Morgan fingerprint density at radius 2 is 2.29 bits per heavy atom. The van der Waals surface area contributed by atoms with Crippen molar-refractivity contribution in [2.75, 3.05) is 12.3 Å². The molecule has 1 aliphatic rings. The molecule has 1 aromatic rings. The molecule has 0 spiro atoms. The molecule has 76 valence electrons. The highest BCUT2D eigenvalue weighted by molar-refractivity contribution is 5.42. The van der Waals surface area contributed by atoms with Crippen molar-refractivity contribution in [3.8, 4) is 0 Å². The zero-order valence-corrected chi connectivity index (χ0v) is 8.49. The third kappa shape index (κ3) is 2.45. The molecule has 0 radical (unpaired) electrons. The molecule has 2 N–H and O–H groups in total. The van der Waals surface area contributed by atoms with E-state index in [9.17, 15) is 0 Å². The van der Waals surface area contributed by atoms with Crippen molar-refractivity contribution >= 4 is 5.69 Å². The Morgan fingerprint density at radius 3 is 2.93 bits per heavy atom. The van der Waals surface area contributed by atoms with E-state index in [1.165, 1.54) is 12.8 Å². The highest BCUT2D eigenvalue weighted by atomic mass is 16.5. The summed E-state index contributed by atoms with van der Waals surface area (Å²) < 4.78 is 5.56. The van der Waals surface area contributed by atoms with Crippen LogP contribution in [-0.4, -0.2) is 17.7 Å². The predicted octanol–water partition coefficient (Wildman–Crippen LogP) is 1.69. The van der Waals surface area contributed by atoms with Crippen LogP contribution in [0.2, 0.25) is 0 Å². The average Bonchev–Trinajstić information content (AvgIpc) is 2.95. The molecular formula is C11H16N2O. The fraction of sp³-hybridized carbons (Fsp3) is 0.545. The maximum absolute atomic E-state index is 5.68. The van der Waals surface area contributed by atoms with Crippen molar-refractivity contribution in [3.63, 3.8) is 0 Å². The van der Waals surface area contributed by atoms with Gasteiger partial charge in [-0.3, -0.25) is 4.98 Å². The zero-order valence-electron chi connectivity index (χ0n) is 8.49. The van der Waals surface area contributed by atoms with Gasteiger partial charge in [0.1, 0.15) is 0 Å². The molecule has 3 nitrogen and oxygen atoms in total. The van der Waals surface area contributed by atoms with E-state index in [1.807, 2.05) is 19.1 Å². The summed E-state index contributed by atoms with van der Waals surface area (Å²) in [6, 6.07) is 3.88. The molecule has 14 heavy (non-hydrogen) atoms. The molecule has 3 heteroatoms. The van der Waals surface area contributed by atoms with E-state index in [-0.39, 0.29) is 0 Å².